The van der Waals surface area contributed by atoms with E-state index in [1.165, 1.54) is 0 Å². The maximum atomic E-state index is 12.8. The monoisotopic (exact) mass is 377 g/mol. The molecule has 1 unspecified atom stereocenters. The molecule has 3 amide bonds. The Bertz CT molecular complexity index is 636. The number of nitrogens with zero attached hydrogens (tertiary/aromatic N) is 2. The van der Waals surface area contributed by atoms with Gasteiger partial charge in [0, 0.05) is 57.2 Å². The second-order valence-electron chi connectivity index (χ2n) is 7.75. The minimum Gasteiger partial charge on any atom is -0.381 e. The molecule has 0 bridgehead atoms. The van der Waals surface area contributed by atoms with Crippen LogP contribution in [-0.4, -0.2) is 67.7 Å². The first-order chi connectivity index (χ1) is 12.7. The molecule has 7 heteroatoms. The summed E-state index contributed by atoms with van der Waals surface area (Å²) in [6.07, 6.45) is 4.12. The molecule has 1 aromatic heterocycles. The van der Waals surface area contributed by atoms with Crippen molar-refractivity contribution in [2.24, 2.45) is 11.3 Å². The quantitative estimate of drug-likeness (QED) is 0.880. The minimum atomic E-state index is 0.0484. The van der Waals surface area contributed by atoms with Crippen molar-refractivity contribution in [3.8, 4) is 0 Å². The van der Waals surface area contributed by atoms with E-state index < -0.39 is 0 Å². The lowest BCUT2D eigenvalue weighted by atomic mass is 9.72. The first-order valence-electron chi connectivity index (χ1n) is 9.60. The largest absolute Gasteiger partial charge is 0.381 e. The van der Waals surface area contributed by atoms with E-state index in [-0.39, 0.29) is 17.4 Å². The van der Waals surface area contributed by atoms with Crippen LogP contribution < -0.4 is 5.32 Å². The van der Waals surface area contributed by atoms with Gasteiger partial charge in [0.05, 0.1) is 5.56 Å². The molecule has 0 radical (unpaired) electrons. The van der Waals surface area contributed by atoms with Gasteiger partial charge in [-0.25, -0.2) is 4.79 Å². The maximum Gasteiger partial charge on any atom is 0.317 e. The molecule has 6 nitrogen and oxygen atoms in total. The number of thiophene rings is 1. The molecular weight excluding hydrogens is 350 g/mol. The van der Waals surface area contributed by atoms with E-state index in [9.17, 15) is 9.59 Å². The highest BCUT2D eigenvalue weighted by Crippen LogP contribution is 2.44. The summed E-state index contributed by atoms with van der Waals surface area (Å²) in [4.78, 5) is 29.1. The van der Waals surface area contributed by atoms with Crippen LogP contribution in [0.3, 0.4) is 0 Å². The molecule has 4 heterocycles. The number of likely N-dealkylation sites (tertiary alicyclic amines) is 2. The van der Waals surface area contributed by atoms with E-state index in [0.29, 0.717) is 12.5 Å². The summed E-state index contributed by atoms with van der Waals surface area (Å²) in [5.74, 6) is 0.408. The van der Waals surface area contributed by atoms with Gasteiger partial charge in [-0.3, -0.25) is 4.79 Å². The van der Waals surface area contributed by atoms with Crippen molar-refractivity contribution in [3.05, 3.63) is 22.4 Å². The molecule has 0 aliphatic carbocycles. The zero-order valence-electron chi connectivity index (χ0n) is 15.1. The lowest BCUT2D eigenvalue weighted by Gasteiger charge is -2.38. The maximum absolute atomic E-state index is 12.8. The lowest BCUT2D eigenvalue weighted by Crippen LogP contribution is -2.45. The van der Waals surface area contributed by atoms with Gasteiger partial charge >= 0.3 is 6.03 Å². The summed E-state index contributed by atoms with van der Waals surface area (Å²) in [5.41, 5.74) is 0.848. The fourth-order valence-corrected chi connectivity index (χ4v) is 5.25. The predicted octanol–water partition coefficient (Wildman–Crippen LogP) is 2.42. The molecule has 4 rings (SSSR count). The van der Waals surface area contributed by atoms with Crippen LogP contribution in [-0.2, 0) is 4.74 Å². The number of ether oxygens (including phenoxy) is 1. The van der Waals surface area contributed by atoms with Crippen molar-refractivity contribution < 1.29 is 14.3 Å². The second kappa shape index (κ2) is 7.56. The smallest absolute Gasteiger partial charge is 0.317 e. The van der Waals surface area contributed by atoms with E-state index in [2.05, 4.69) is 5.32 Å². The first kappa shape index (κ1) is 17.8. The van der Waals surface area contributed by atoms with Gasteiger partial charge in [-0.2, -0.15) is 11.3 Å². The van der Waals surface area contributed by atoms with Gasteiger partial charge in [0.1, 0.15) is 0 Å². The van der Waals surface area contributed by atoms with Crippen molar-refractivity contribution in [1.82, 2.24) is 15.1 Å². The molecule has 1 aromatic rings. The molecule has 142 valence electrons. The Morgan fingerprint density at radius 3 is 2.69 bits per heavy atom. The highest BCUT2D eigenvalue weighted by molar-refractivity contribution is 7.08. The third kappa shape index (κ3) is 3.47. The van der Waals surface area contributed by atoms with E-state index >= 15 is 0 Å². The number of carbonyl (C=O) groups excluding carboxylic acids is 2. The normalized spacial score (nSPS) is 25.0. The Hall–Kier alpha value is -1.60. The summed E-state index contributed by atoms with van der Waals surface area (Å²) in [5, 5.41) is 7.01. The highest BCUT2D eigenvalue weighted by Gasteiger charge is 2.48. The van der Waals surface area contributed by atoms with Gasteiger partial charge in [-0.1, -0.05) is 0 Å². The van der Waals surface area contributed by atoms with E-state index in [0.717, 1.165) is 70.6 Å². The Labute approximate surface area is 158 Å². The molecule has 0 saturated carbocycles. The zero-order chi connectivity index (χ0) is 18.0. The van der Waals surface area contributed by atoms with Crippen LogP contribution in [0.15, 0.2) is 16.8 Å². The number of rotatable bonds is 3. The Kier molecular flexibility index (Phi) is 5.18. The van der Waals surface area contributed by atoms with Crippen LogP contribution in [0.2, 0.25) is 0 Å². The molecule has 3 saturated heterocycles. The summed E-state index contributed by atoms with van der Waals surface area (Å²) in [6.45, 7) is 5.34. The Morgan fingerprint density at radius 1 is 1.23 bits per heavy atom. The SMILES string of the molecule is O=C(NCC1CN(C(=O)c2ccsc2)CC12CCOCC2)N1CCCC1. The molecule has 0 aromatic carbocycles. The van der Waals surface area contributed by atoms with Crippen LogP contribution in [0.1, 0.15) is 36.0 Å². The van der Waals surface area contributed by atoms with Gasteiger partial charge in [0.2, 0.25) is 0 Å². The van der Waals surface area contributed by atoms with Crippen LogP contribution in [0.5, 0.6) is 0 Å². The fourth-order valence-electron chi connectivity index (χ4n) is 4.62. The molecule has 3 aliphatic heterocycles. The van der Waals surface area contributed by atoms with E-state index in [4.69, 9.17) is 4.74 Å². The Balaban J connectivity index is 1.44. The van der Waals surface area contributed by atoms with Crippen molar-refractivity contribution in [3.63, 3.8) is 0 Å². The molecule has 26 heavy (non-hydrogen) atoms. The number of hydrogen-bond donors (Lipinski definition) is 1. The van der Waals surface area contributed by atoms with Gasteiger partial charge in [0.25, 0.3) is 5.91 Å². The van der Waals surface area contributed by atoms with E-state index in [1.54, 1.807) is 11.3 Å². The molecular formula is C19H27N3O3S. The van der Waals surface area contributed by atoms with E-state index in [1.807, 2.05) is 26.6 Å². The van der Waals surface area contributed by atoms with Crippen LogP contribution >= 0.6 is 11.3 Å². The predicted molar refractivity (Wildman–Crippen MR) is 100 cm³/mol. The summed E-state index contributed by atoms with van der Waals surface area (Å²) in [7, 11) is 0. The topological polar surface area (TPSA) is 61.9 Å². The number of carbonyl (C=O) groups is 2. The molecule has 1 N–H and O–H groups in total. The average Bonchev–Trinajstić information content (AvgIpc) is 3.41. The van der Waals surface area contributed by atoms with Gasteiger partial charge in [-0.05, 0) is 42.5 Å². The van der Waals surface area contributed by atoms with Crippen molar-refractivity contribution in [2.75, 3.05) is 45.9 Å². The van der Waals surface area contributed by atoms with Gasteiger partial charge in [-0.15, -0.1) is 0 Å². The number of nitrogens with one attached hydrogen (secondary N) is 1. The summed E-state index contributed by atoms with van der Waals surface area (Å²) in [6, 6.07) is 1.94. The first-order valence-corrected chi connectivity index (χ1v) is 10.5. The van der Waals surface area contributed by atoms with Crippen molar-refractivity contribution in [2.45, 2.75) is 25.7 Å². The zero-order valence-corrected chi connectivity index (χ0v) is 15.9. The number of urea groups is 1. The number of hydrogen-bond acceptors (Lipinski definition) is 4. The Morgan fingerprint density at radius 2 is 2.00 bits per heavy atom. The van der Waals surface area contributed by atoms with Crippen molar-refractivity contribution >= 4 is 23.3 Å². The highest BCUT2D eigenvalue weighted by atomic mass is 32.1. The van der Waals surface area contributed by atoms with Gasteiger partial charge in [0.15, 0.2) is 0 Å². The molecule has 1 atom stereocenters. The average molecular weight is 378 g/mol. The standard InChI is InChI=1S/C19H27N3O3S/c23-17(15-3-10-26-13-15)22-12-16(19(14-22)4-8-25-9-5-19)11-20-18(24)21-6-1-2-7-21/h3,10,13,16H,1-2,4-9,11-12,14H2,(H,20,24). The molecule has 3 fully saturated rings. The second-order valence-corrected chi connectivity index (χ2v) is 8.53. The van der Waals surface area contributed by atoms with Crippen LogP contribution in [0.4, 0.5) is 4.79 Å². The van der Waals surface area contributed by atoms with Gasteiger partial charge < -0.3 is 19.9 Å². The summed E-state index contributed by atoms with van der Waals surface area (Å²) >= 11 is 1.55. The third-order valence-corrected chi connectivity index (χ3v) is 6.93. The van der Waals surface area contributed by atoms with Crippen molar-refractivity contribution in [1.29, 1.82) is 0 Å². The fraction of sp³-hybridized carbons (Fsp3) is 0.684. The molecule has 1 spiro atoms. The minimum absolute atomic E-state index is 0.0484. The third-order valence-electron chi connectivity index (χ3n) is 6.25. The van der Waals surface area contributed by atoms with Crippen LogP contribution in [0, 0.1) is 11.3 Å². The summed E-state index contributed by atoms with van der Waals surface area (Å²) < 4.78 is 5.58. The lowest BCUT2D eigenvalue weighted by molar-refractivity contribution is 0.000279. The van der Waals surface area contributed by atoms with Crippen LogP contribution in [0.25, 0.3) is 0 Å². The number of amides is 3. The molecule has 3 aliphatic rings.